The minimum absolute atomic E-state index is 0.0354. The first-order valence-electron chi connectivity index (χ1n) is 6.29. The number of halogens is 1. The van der Waals surface area contributed by atoms with Crippen molar-refractivity contribution in [2.75, 3.05) is 5.32 Å². The summed E-state index contributed by atoms with van der Waals surface area (Å²) < 4.78 is 0. The molecule has 0 aromatic heterocycles. The number of amides is 2. The van der Waals surface area contributed by atoms with E-state index in [4.69, 9.17) is 11.6 Å². The molecule has 0 saturated heterocycles. The summed E-state index contributed by atoms with van der Waals surface area (Å²) in [6.07, 6.45) is 3.17. The Morgan fingerprint density at radius 3 is 2.55 bits per heavy atom. The fourth-order valence-corrected chi connectivity index (χ4v) is 1.86. The minimum atomic E-state index is -0.502. The summed E-state index contributed by atoms with van der Waals surface area (Å²) in [5.74, 6) is 0. The van der Waals surface area contributed by atoms with Crippen LogP contribution in [0, 0.1) is 10.1 Å². The third-order valence-electron chi connectivity index (χ3n) is 2.67. The highest BCUT2D eigenvalue weighted by atomic mass is 35.5. The summed E-state index contributed by atoms with van der Waals surface area (Å²) in [6.45, 7) is 0. The van der Waals surface area contributed by atoms with Gasteiger partial charge in [0.1, 0.15) is 0 Å². The molecule has 2 rings (SSSR count). The predicted molar refractivity (Wildman–Crippen MR) is 85.7 cm³/mol. The number of hydrogen-bond acceptors (Lipinski definition) is 3. The number of nitrogens with zero attached hydrogens (tertiary/aromatic N) is 1. The second kappa shape index (κ2) is 7.24. The van der Waals surface area contributed by atoms with Crippen molar-refractivity contribution < 1.29 is 9.72 Å². The van der Waals surface area contributed by atoms with Crippen molar-refractivity contribution in [3.63, 3.8) is 0 Å². The predicted octanol–water partition coefficient (Wildman–Crippen LogP) is 4.04. The van der Waals surface area contributed by atoms with E-state index in [2.05, 4.69) is 10.6 Å². The van der Waals surface area contributed by atoms with E-state index in [-0.39, 0.29) is 5.69 Å². The van der Waals surface area contributed by atoms with Gasteiger partial charge in [0.05, 0.1) is 4.92 Å². The lowest BCUT2D eigenvalue weighted by Crippen LogP contribution is -2.23. The quantitative estimate of drug-likeness (QED) is 0.659. The fraction of sp³-hybridized carbons (Fsp3) is 0. The van der Waals surface area contributed by atoms with Crippen LogP contribution in [-0.4, -0.2) is 11.0 Å². The number of non-ortho nitro benzene ring substituents is 1. The lowest BCUT2D eigenvalue weighted by molar-refractivity contribution is -0.384. The Morgan fingerprint density at radius 2 is 1.91 bits per heavy atom. The molecule has 0 aliphatic carbocycles. The monoisotopic (exact) mass is 317 g/mol. The number of carbonyl (C=O) groups excluding carboxylic acids is 1. The molecule has 2 aromatic rings. The Hall–Kier alpha value is -2.86. The van der Waals surface area contributed by atoms with Gasteiger partial charge in [-0.2, -0.15) is 0 Å². The summed E-state index contributed by atoms with van der Waals surface area (Å²) in [7, 11) is 0. The number of anilines is 1. The number of nitrogens with one attached hydrogen (secondary N) is 2. The molecule has 112 valence electrons. The first-order chi connectivity index (χ1) is 10.5. The molecular formula is C15H12ClN3O3. The van der Waals surface area contributed by atoms with E-state index < -0.39 is 11.0 Å². The van der Waals surface area contributed by atoms with E-state index in [0.717, 1.165) is 5.56 Å². The first kappa shape index (κ1) is 15.5. The van der Waals surface area contributed by atoms with Crippen molar-refractivity contribution in [2.24, 2.45) is 0 Å². The van der Waals surface area contributed by atoms with Crippen LogP contribution in [0.15, 0.2) is 54.7 Å². The van der Waals surface area contributed by atoms with Crippen LogP contribution < -0.4 is 10.6 Å². The molecule has 2 amide bonds. The average Bonchev–Trinajstić information content (AvgIpc) is 2.48. The lowest BCUT2D eigenvalue weighted by Gasteiger charge is -2.04. The van der Waals surface area contributed by atoms with Crippen LogP contribution >= 0.6 is 11.6 Å². The van der Waals surface area contributed by atoms with Crippen LogP contribution in [0.25, 0.3) is 6.08 Å². The largest absolute Gasteiger partial charge is 0.323 e. The highest BCUT2D eigenvalue weighted by Gasteiger charge is 2.05. The Kier molecular flexibility index (Phi) is 5.11. The van der Waals surface area contributed by atoms with E-state index >= 15 is 0 Å². The van der Waals surface area contributed by atoms with Crippen molar-refractivity contribution in [1.29, 1.82) is 0 Å². The molecule has 0 unspecified atom stereocenters. The molecule has 0 radical (unpaired) electrons. The maximum absolute atomic E-state index is 11.7. The van der Waals surface area contributed by atoms with E-state index in [1.54, 1.807) is 24.3 Å². The van der Waals surface area contributed by atoms with Gasteiger partial charge in [0.25, 0.3) is 5.69 Å². The molecule has 0 spiro atoms. The topological polar surface area (TPSA) is 84.3 Å². The third kappa shape index (κ3) is 4.60. The highest BCUT2D eigenvalue weighted by Crippen LogP contribution is 2.15. The van der Waals surface area contributed by atoms with Gasteiger partial charge in [-0.25, -0.2) is 4.79 Å². The van der Waals surface area contributed by atoms with Crippen LogP contribution in [-0.2, 0) is 0 Å². The number of carbonyl (C=O) groups is 1. The standard InChI is InChI=1S/C15H12ClN3O3/c16-12-3-1-2-11(10-12)8-9-17-15(20)18-13-4-6-14(7-5-13)19(21)22/h1-10H,(H2,17,18,20)/b9-8+. The number of hydrogen-bond donors (Lipinski definition) is 2. The molecule has 0 fully saturated rings. The van der Waals surface area contributed by atoms with Gasteiger partial charge in [0.15, 0.2) is 0 Å². The normalized spacial score (nSPS) is 10.4. The average molecular weight is 318 g/mol. The molecule has 0 atom stereocenters. The Balaban J connectivity index is 1.89. The zero-order valence-corrected chi connectivity index (χ0v) is 12.1. The Morgan fingerprint density at radius 1 is 1.18 bits per heavy atom. The van der Waals surface area contributed by atoms with Crippen molar-refractivity contribution in [3.05, 3.63) is 75.4 Å². The van der Waals surface area contributed by atoms with Gasteiger partial charge in [0.2, 0.25) is 0 Å². The van der Waals surface area contributed by atoms with E-state index in [1.807, 2.05) is 6.07 Å². The third-order valence-corrected chi connectivity index (χ3v) is 2.91. The molecule has 2 N–H and O–H groups in total. The van der Waals surface area contributed by atoms with E-state index in [1.165, 1.54) is 30.5 Å². The molecule has 0 aliphatic heterocycles. The van der Waals surface area contributed by atoms with Gasteiger partial charge in [-0.3, -0.25) is 10.1 Å². The maximum atomic E-state index is 11.7. The minimum Gasteiger partial charge on any atom is -0.314 e. The molecular weight excluding hydrogens is 306 g/mol. The van der Waals surface area contributed by atoms with Crippen molar-refractivity contribution in [3.8, 4) is 0 Å². The van der Waals surface area contributed by atoms with Gasteiger partial charge >= 0.3 is 6.03 Å². The summed E-state index contributed by atoms with van der Waals surface area (Å²) in [5, 5.41) is 16.2. The highest BCUT2D eigenvalue weighted by molar-refractivity contribution is 6.30. The molecule has 7 heteroatoms. The molecule has 0 bridgehead atoms. The number of nitro groups is 1. The van der Waals surface area contributed by atoms with Crippen LogP contribution in [0.3, 0.4) is 0 Å². The fourth-order valence-electron chi connectivity index (χ4n) is 1.66. The number of benzene rings is 2. The lowest BCUT2D eigenvalue weighted by atomic mass is 10.2. The maximum Gasteiger partial charge on any atom is 0.323 e. The number of rotatable bonds is 4. The molecule has 0 aliphatic rings. The molecule has 2 aromatic carbocycles. The summed E-state index contributed by atoms with van der Waals surface area (Å²) >= 11 is 5.85. The number of urea groups is 1. The van der Waals surface area contributed by atoms with Gasteiger partial charge in [-0.05, 0) is 35.9 Å². The first-order valence-corrected chi connectivity index (χ1v) is 6.66. The molecule has 0 saturated carbocycles. The van der Waals surface area contributed by atoms with E-state index in [0.29, 0.717) is 10.7 Å². The van der Waals surface area contributed by atoms with Gasteiger partial charge < -0.3 is 10.6 Å². The van der Waals surface area contributed by atoms with Crippen molar-refractivity contribution in [1.82, 2.24) is 5.32 Å². The molecule has 0 heterocycles. The van der Waals surface area contributed by atoms with Gasteiger partial charge in [-0.1, -0.05) is 23.7 Å². The Bertz CT molecular complexity index is 714. The summed E-state index contributed by atoms with van der Waals surface area (Å²) in [4.78, 5) is 21.7. The van der Waals surface area contributed by atoms with Gasteiger partial charge in [0, 0.05) is 29.0 Å². The van der Waals surface area contributed by atoms with E-state index in [9.17, 15) is 14.9 Å². The zero-order chi connectivity index (χ0) is 15.9. The molecule has 6 nitrogen and oxygen atoms in total. The zero-order valence-electron chi connectivity index (χ0n) is 11.3. The molecule has 22 heavy (non-hydrogen) atoms. The Labute approximate surface area is 131 Å². The second-order valence-corrected chi connectivity index (χ2v) is 4.73. The van der Waals surface area contributed by atoms with Crippen LogP contribution in [0.5, 0.6) is 0 Å². The van der Waals surface area contributed by atoms with Crippen molar-refractivity contribution in [2.45, 2.75) is 0 Å². The summed E-state index contributed by atoms with van der Waals surface area (Å²) in [5.41, 5.74) is 1.27. The second-order valence-electron chi connectivity index (χ2n) is 4.29. The smallest absolute Gasteiger partial charge is 0.314 e. The van der Waals surface area contributed by atoms with Gasteiger partial charge in [-0.15, -0.1) is 0 Å². The van der Waals surface area contributed by atoms with Crippen molar-refractivity contribution >= 4 is 35.1 Å². The number of nitro benzene ring substituents is 1. The van der Waals surface area contributed by atoms with Crippen LogP contribution in [0.2, 0.25) is 5.02 Å². The van der Waals surface area contributed by atoms with Crippen LogP contribution in [0.1, 0.15) is 5.56 Å². The summed E-state index contributed by atoms with van der Waals surface area (Å²) in [6, 6.07) is 12.3. The SMILES string of the molecule is O=C(N/C=C/c1cccc(Cl)c1)Nc1ccc([N+](=O)[O-])cc1. The van der Waals surface area contributed by atoms with Crippen LogP contribution in [0.4, 0.5) is 16.2 Å².